The van der Waals surface area contributed by atoms with Crippen LogP contribution in [0.2, 0.25) is 8.67 Å². The second kappa shape index (κ2) is 5.95. The van der Waals surface area contributed by atoms with Gasteiger partial charge < -0.3 is 0 Å². The molecule has 102 valence electrons. The van der Waals surface area contributed by atoms with Crippen molar-refractivity contribution in [2.24, 2.45) is 0 Å². The predicted molar refractivity (Wildman–Crippen MR) is 90.6 cm³/mol. The maximum atomic E-state index is 6.47. The first-order valence-electron chi connectivity index (χ1n) is 6.20. The summed E-state index contributed by atoms with van der Waals surface area (Å²) in [6.45, 7) is 0. The number of benzene rings is 2. The van der Waals surface area contributed by atoms with Crippen molar-refractivity contribution in [3.8, 4) is 0 Å². The van der Waals surface area contributed by atoms with Crippen molar-refractivity contribution in [3.05, 3.63) is 68.3 Å². The highest BCUT2D eigenvalue weighted by Gasteiger charge is 2.16. The van der Waals surface area contributed by atoms with Crippen LogP contribution >= 0.6 is 46.1 Å². The summed E-state index contributed by atoms with van der Waals surface area (Å²) in [5.74, 6) is 0. The Bertz CT molecular complexity index is 748. The highest BCUT2D eigenvalue weighted by molar-refractivity contribution is 7.20. The zero-order chi connectivity index (χ0) is 14.1. The molecule has 0 bridgehead atoms. The molecular weight excluding hydrogens is 331 g/mol. The van der Waals surface area contributed by atoms with E-state index >= 15 is 0 Å². The average molecular weight is 342 g/mol. The van der Waals surface area contributed by atoms with Crippen molar-refractivity contribution in [2.45, 2.75) is 11.8 Å². The largest absolute Gasteiger partial charge is 0.117 e. The van der Waals surface area contributed by atoms with Gasteiger partial charge in [-0.25, -0.2) is 0 Å². The van der Waals surface area contributed by atoms with Gasteiger partial charge in [0.25, 0.3) is 0 Å². The van der Waals surface area contributed by atoms with Crippen molar-refractivity contribution in [3.63, 3.8) is 0 Å². The topological polar surface area (TPSA) is 0 Å². The lowest BCUT2D eigenvalue weighted by atomic mass is 10.0. The Balaban J connectivity index is 1.87. The molecule has 20 heavy (non-hydrogen) atoms. The Morgan fingerprint density at radius 2 is 1.70 bits per heavy atom. The Kier molecular flexibility index (Phi) is 4.23. The third-order valence-corrected chi connectivity index (χ3v) is 5.16. The number of halogens is 3. The molecule has 0 aliphatic carbocycles. The molecule has 1 heterocycles. The van der Waals surface area contributed by atoms with E-state index in [2.05, 4.69) is 30.3 Å². The fourth-order valence-corrected chi connectivity index (χ4v) is 4.30. The zero-order valence-electron chi connectivity index (χ0n) is 10.4. The second-order valence-corrected chi connectivity index (χ2v) is 7.45. The number of thiophene rings is 1. The standard InChI is InChI=1S/C16H11Cl3S/c17-14(13-9-15(18)20-16(13)19)8-10-5-6-11-3-1-2-4-12(11)7-10/h1-7,9,14H,8H2. The van der Waals surface area contributed by atoms with Crippen molar-refractivity contribution < 1.29 is 0 Å². The third kappa shape index (κ3) is 2.96. The average Bonchev–Trinajstić information content (AvgIpc) is 2.78. The third-order valence-electron chi connectivity index (χ3n) is 3.25. The molecule has 0 nitrogen and oxygen atoms in total. The van der Waals surface area contributed by atoms with Gasteiger partial charge in [0.15, 0.2) is 0 Å². The van der Waals surface area contributed by atoms with Crippen LogP contribution in [0.4, 0.5) is 0 Å². The van der Waals surface area contributed by atoms with Crippen LogP contribution in [0.5, 0.6) is 0 Å². The smallest absolute Gasteiger partial charge is 0.0991 e. The molecule has 0 aliphatic rings. The van der Waals surface area contributed by atoms with E-state index in [0.29, 0.717) is 8.67 Å². The van der Waals surface area contributed by atoms with Crippen LogP contribution in [0.15, 0.2) is 48.5 Å². The second-order valence-electron chi connectivity index (χ2n) is 4.63. The molecule has 0 saturated carbocycles. The van der Waals surface area contributed by atoms with Crippen LogP contribution in [-0.2, 0) is 6.42 Å². The molecule has 1 atom stereocenters. The normalized spacial score (nSPS) is 12.8. The number of hydrogen-bond acceptors (Lipinski definition) is 1. The van der Waals surface area contributed by atoms with Gasteiger partial charge in [0.2, 0.25) is 0 Å². The van der Waals surface area contributed by atoms with Crippen molar-refractivity contribution in [1.82, 2.24) is 0 Å². The van der Waals surface area contributed by atoms with E-state index in [1.54, 1.807) is 0 Å². The predicted octanol–water partition coefficient (Wildman–Crippen LogP) is 6.73. The number of fused-ring (bicyclic) bond motifs is 1. The summed E-state index contributed by atoms with van der Waals surface area (Å²) in [6, 6.07) is 16.6. The molecule has 0 fully saturated rings. The lowest BCUT2D eigenvalue weighted by Gasteiger charge is -2.09. The molecule has 0 amide bonds. The highest BCUT2D eigenvalue weighted by atomic mass is 35.5. The van der Waals surface area contributed by atoms with Gasteiger partial charge in [-0.05, 0) is 28.8 Å². The molecule has 0 aliphatic heterocycles. The quantitative estimate of drug-likeness (QED) is 0.463. The van der Waals surface area contributed by atoms with E-state index in [1.165, 1.54) is 27.7 Å². The summed E-state index contributed by atoms with van der Waals surface area (Å²) < 4.78 is 1.35. The number of rotatable bonds is 3. The first-order valence-corrected chi connectivity index (χ1v) is 8.21. The summed E-state index contributed by atoms with van der Waals surface area (Å²) in [5, 5.41) is 2.30. The monoisotopic (exact) mass is 340 g/mol. The summed E-state index contributed by atoms with van der Waals surface area (Å²) >= 11 is 19.9. The number of hydrogen-bond donors (Lipinski definition) is 0. The van der Waals surface area contributed by atoms with E-state index in [9.17, 15) is 0 Å². The summed E-state index contributed by atoms with van der Waals surface area (Å²) in [6.07, 6.45) is 0.735. The zero-order valence-corrected chi connectivity index (χ0v) is 13.5. The summed E-state index contributed by atoms with van der Waals surface area (Å²) in [7, 11) is 0. The van der Waals surface area contributed by atoms with Gasteiger partial charge in [0.1, 0.15) is 0 Å². The number of alkyl halides is 1. The fourth-order valence-electron chi connectivity index (χ4n) is 2.25. The van der Waals surface area contributed by atoms with E-state index in [4.69, 9.17) is 34.8 Å². The molecule has 0 N–H and O–H groups in total. The van der Waals surface area contributed by atoms with Gasteiger partial charge >= 0.3 is 0 Å². The van der Waals surface area contributed by atoms with E-state index in [-0.39, 0.29) is 5.38 Å². The maximum Gasteiger partial charge on any atom is 0.0991 e. The van der Waals surface area contributed by atoms with Crippen LogP contribution < -0.4 is 0 Å². The minimum atomic E-state index is -0.160. The molecule has 0 saturated heterocycles. The molecular formula is C16H11Cl3S. The Hall–Kier alpha value is -0.730. The molecule has 3 aromatic rings. The Labute approximate surface area is 136 Å². The SMILES string of the molecule is Clc1cc(C(Cl)Cc2ccc3ccccc3c2)c(Cl)s1. The first kappa shape index (κ1) is 14.2. The first-order chi connectivity index (χ1) is 9.63. The Morgan fingerprint density at radius 3 is 2.40 bits per heavy atom. The lowest BCUT2D eigenvalue weighted by Crippen LogP contribution is -1.95. The molecule has 2 aromatic carbocycles. The van der Waals surface area contributed by atoms with Crippen LogP contribution in [0.3, 0.4) is 0 Å². The van der Waals surface area contributed by atoms with Crippen LogP contribution in [0.25, 0.3) is 10.8 Å². The molecule has 4 heteroatoms. The molecule has 1 unspecified atom stereocenters. The van der Waals surface area contributed by atoms with E-state index in [0.717, 1.165) is 12.0 Å². The van der Waals surface area contributed by atoms with Gasteiger partial charge in [-0.1, -0.05) is 65.7 Å². The molecule has 3 rings (SSSR count). The highest BCUT2D eigenvalue weighted by Crippen LogP contribution is 2.39. The Morgan fingerprint density at radius 1 is 0.950 bits per heavy atom. The fraction of sp³-hybridized carbons (Fsp3) is 0.125. The molecule has 0 spiro atoms. The van der Waals surface area contributed by atoms with Crippen molar-refractivity contribution >= 4 is 56.9 Å². The van der Waals surface area contributed by atoms with Crippen LogP contribution in [0, 0.1) is 0 Å². The summed E-state index contributed by atoms with van der Waals surface area (Å²) in [5.41, 5.74) is 2.11. The van der Waals surface area contributed by atoms with Gasteiger partial charge in [-0.2, -0.15) is 0 Å². The van der Waals surface area contributed by atoms with Crippen LogP contribution in [0.1, 0.15) is 16.5 Å². The van der Waals surface area contributed by atoms with Gasteiger partial charge in [-0.3, -0.25) is 0 Å². The summed E-state index contributed by atoms with van der Waals surface area (Å²) in [4.78, 5) is 0. The molecule has 1 aromatic heterocycles. The minimum Gasteiger partial charge on any atom is -0.117 e. The van der Waals surface area contributed by atoms with Gasteiger partial charge in [-0.15, -0.1) is 22.9 Å². The van der Waals surface area contributed by atoms with Gasteiger partial charge in [0, 0.05) is 5.56 Å². The molecule has 0 radical (unpaired) electrons. The van der Waals surface area contributed by atoms with Crippen LogP contribution in [-0.4, -0.2) is 0 Å². The van der Waals surface area contributed by atoms with Gasteiger partial charge in [0.05, 0.1) is 14.0 Å². The maximum absolute atomic E-state index is 6.47. The van der Waals surface area contributed by atoms with Crippen molar-refractivity contribution in [1.29, 1.82) is 0 Å². The van der Waals surface area contributed by atoms with E-state index in [1.807, 2.05) is 18.2 Å². The lowest BCUT2D eigenvalue weighted by molar-refractivity contribution is 0.927. The minimum absolute atomic E-state index is 0.160. The van der Waals surface area contributed by atoms with Crippen molar-refractivity contribution in [2.75, 3.05) is 0 Å². The van der Waals surface area contributed by atoms with E-state index < -0.39 is 0 Å².